The maximum Gasteiger partial charge on any atom is 0.200 e. The molecule has 0 atom stereocenters. The predicted octanol–water partition coefficient (Wildman–Crippen LogP) is 3.13. The number of nitrogens with zero attached hydrogens (tertiary/aromatic N) is 3. The molecular weight excluding hydrogens is 386 g/mol. The molecule has 0 saturated heterocycles. The van der Waals surface area contributed by atoms with Crippen LogP contribution in [0.5, 0.6) is 23.0 Å². The zero-order valence-corrected chi connectivity index (χ0v) is 14.8. The zero-order valence-electron chi connectivity index (χ0n) is 14.0. The highest BCUT2D eigenvalue weighted by Crippen LogP contribution is 2.33. The van der Waals surface area contributed by atoms with Crippen LogP contribution in [0.2, 0.25) is 5.02 Å². The highest BCUT2D eigenvalue weighted by atomic mass is 35.5. The van der Waals surface area contributed by atoms with Crippen LogP contribution in [0.15, 0.2) is 48.5 Å². The lowest BCUT2D eigenvalue weighted by Crippen LogP contribution is -2.06. The molecule has 4 rings (SSSR count). The number of benzene rings is 3. The molecule has 0 saturated carbocycles. The molecule has 0 aliphatic rings. The Morgan fingerprint density at radius 1 is 0.786 bits per heavy atom. The van der Waals surface area contributed by atoms with Gasteiger partial charge in [-0.3, -0.25) is 4.79 Å². The standard InChI is InChI=1S/C19H12ClN3O5/c20-9-1-4-13-14(5-9)22-23(21-13)15-7-12(17(26)8-18(15)27)19(28)11-3-2-10(24)6-16(11)25/h1-8,24-27H. The number of aromatic hydroxyl groups is 4. The van der Waals surface area contributed by atoms with Gasteiger partial charge in [-0.1, -0.05) is 11.6 Å². The molecule has 9 heteroatoms. The maximum absolute atomic E-state index is 12.8. The highest BCUT2D eigenvalue weighted by Gasteiger charge is 2.21. The Balaban J connectivity index is 1.84. The minimum absolute atomic E-state index is 0.0479. The summed E-state index contributed by atoms with van der Waals surface area (Å²) in [5.74, 6) is -2.21. The largest absolute Gasteiger partial charge is 0.508 e. The lowest BCUT2D eigenvalue weighted by Gasteiger charge is -2.10. The third-order valence-electron chi connectivity index (χ3n) is 4.12. The number of ketones is 1. The van der Waals surface area contributed by atoms with Crippen molar-refractivity contribution in [3.8, 4) is 28.7 Å². The van der Waals surface area contributed by atoms with E-state index >= 15 is 0 Å². The van der Waals surface area contributed by atoms with E-state index in [-0.39, 0.29) is 28.3 Å². The van der Waals surface area contributed by atoms with Crippen LogP contribution in [0, 0.1) is 0 Å². The van der Waals surface area contributed by atoms with E-state index in [1.807, 2.05) is 0 Å². The van der Waals surface area contributed by atoms with Crippen LogP contribution < -0.4 is 0 Å². The number of hydrogen-bond acceptors (Lipinski definition) is 7. The van der Waals surface area contributed by atoms with Crippen molar-refractivity contribution in [3.63, 3.8) is 0 Å². The summed E-state index contributed by atoms with van der Waals surface area (Å²) in [6, 6.07) is 10.6. The Morgan fingerprint density at radius 3 is 2.25 bits per heavy atom. The summed E-state index contributed by atoms with van der Waals surface area (Å²) in [5.41, 5.74) is 0.722. The molecule has 3 aromatic carbocycles. The van der Waals surface area contributed by atoms with Crippen molar-refractivity contribution in [1.82, 2.24) is 15.0 Å². The van der Waals surface area contributed by atoms with Gasteiger partial charge in [-0.2, -0.15) is 0 Å². The fraction of sp³-hybridized carbons (Fsp3) is 0. The molecule has 4 aromatic rings. The minimum Gasteiger partial charge on any atom is -0.508 e. The Bertz CT molecular complexity index is 1250. The van der Waals surface area contributed by atoms with E-state index in [1.165, 1.54) is 18.2 Å². The molecule has 8 nitrogen and oxygen atoms in total. The first kappa shape index (κ1) is 17.6. The molecule has 1 aromatic heterocycles. The molecule has 1 heterocycles. The van der Waals surface area contributed by atoms with Gasteiger partial charge in [-0.05, 0) is 36.4 Å². The maximum atomic E-state index is 12.8. The lowest BCUT2D eigenvalue weighted by molar-refractivity contribution is 0.103. The molecular formula is C19H12ClN3O5. The number of carbonyl (C=O) groups is 1. The van der Waals surface area contributed by atoms with Crippen molar-refractivity contribution in [3.05, 3.63) is 64.7 Å². The molecule has 4 N–H and O–H groups in total. The SMILES string of the molecule is O=C(c1ccc(O)cc1O)c1cc(-n2nc3ccc(Cl)cc3n2)c(O)cc1O. The van der Waals surface area contributed by atoms with E-state index in [1.54, 1.807) is 18.2 Å². The Labute approximate surface area is 162 Å². The number of carbonyl (C=O) groups excluding carboxylic acids is 1. The normalized spacial score (nSPS) is 11.0. The first-order valence-corrected chi connectivity index (χ1v) is 8.37. The third-order valence-corrected chi connectivity index (χ3v) is 4.36. The van der Waals surface area contributed by atoms with Gasteiger partial charge in [0.1, 0.15) is 39.7 Å². The fourth-order valence-corrected chi connectivity index (χ4v) is 2.93. The molecule has 0 aliphatic heterocycles. The number of aromatic nitrogens is 3. The topological polar surface area (TPSA) is 129 Å². The number of phenolic OH excluding ortho intramolecular Hbond substituents is 4. The molecule has 0 spiro atoms. The van der Waals surface area contributed by atoms with Crippen LogP contribution >= 0.6 is 11.6 Å². The van der Waals surface area contributed by atoms with Crippen LogP contribution in [-0.4, -0.2) is 41.2 Å². The van der Waals surface area contributed by atoms with E-state index in [2.05, 4.69) is 10.2 Å². The van der Waals surface area contributed by atoms with Gasteiger partial charge in [0.2, 0.25) is 5.78 Å². The average Bonchev–Trinajstić information content (AvgIpc) is 3.04. The van der Waals surface area contributed by atoms with Gasteiger partial charge in [-0.15, -0.1) is 15.0 Å². The van der Waals surface area contributed by atoms with Gasteiger partial charge in [0, 0.05) is 17.2 Å². The summed E-state index contributed by atoms with van der Waals surface area (Å²) in [5, 5.41) is 48.6. The van der Waals surface area contributed by atoms with E-state index in [0.29, 0.717) is 16.1 Å². The van der Waals surface area contributed by atoms with Crippen molar-refractivity contribution in [2.75, 3.05) is 0 Å². The molecule has 0 radical (unpaired) electrons. The number of hydrogen-bond donors (Lipinski definition) is 4. The van der Waals surface area contributed by atoms with Gasteiger partial charge in [0.05, 0.1) is 11.1 Å². The Hall–Kier alpha value is -3.78. The second kappa shape index (κ2) is 6.43. The van der Waals surface area contributed by atoms with Crippen LogP contribution in [0.25, 0.3) is 16.7 Å². The van der Waals surface area contributed by atoms with Gasteiger partial charge in [0.15, 0.2) is 0 Å². The van der Waals surface area contributed by atoms with Crippen LogP contribution in [0.4, 0.5) is 0 Å². The fourth-order valence-electron chi connectivity index (χ4n) is 2.76. The molecule has 28 heavy (non-hydrogen) atoms. The van der Waals surface area contributed by atoms with Gasteiger partial charge >= 0.3 is 0 Å². The number of fused-ring (bicyclic) bond motifs is 1. The first-order valence-electron chi connectivity index (χ1n) is 7.99. The number of halogens is 1. The zero-order chi connectivity index (χ0) is 20.0. The molecule has 0 amide bonds. The minimum atomic E-state index is -0.712. The molecule has 0 unspecified atom stereocenters. The second-order valence-electron chi connectivity index (χ2n) is 6.01. The molecule has 140 valence electrons. The first-order chi connectivity index (χ1) is 13.3. The summed E-state index contributed by atoms with van der Waals surface area (Å²) >= 11 is 5.94. The van der Waals surface area contributed by atoms with Gasteiger partial charge in [-0.25, -0.2) is 0 Å². The summed E-state index contributed by atoms with van der Waals surface area (Å²) in [6.07, 6.45) is 0. The number of phenols is 4. The van der Waals surface area contributed by atoms with Crippen molar-refractivity contribution >= 4 is 28.4 Å². The van der Waals surface area contributed by atoms with Gasteiger partial charge < -0.3 is 20.4 Å². The molecule has 0 aliphatic carbocycles. The van der Waals surface area contributed by atoms with Crippen molar-refractivity contribution in [1.29, 1.82) is 0 Å². The van der Waals surface area contributed by atoms with Crippen LogP contribution in [0.3, 0.4) is 0 Å². The molecule has 0 bridgehead atoms. The molecule has 0 fully saturated rings. The smallest absolute Gasteiger partial charge is 0.200 e. The lowest BCUT2D eigenvalue weighted by atomic mass is 10.0. The van der Waals surface area contributed by atoms with E-state index in [9.17, 15) is 25.2 Å². The average molecular weight is 398 g/mol. The predicted molar refractivity (Wildman–Crippen MR) is 100 cm³/mol. The van der Waals surface area contributed by atoms with Crippen LogP contribution in [0.1, 0.15) is 15.9 Å². The highest BCUT2D eigenvalue weighted by molar-refractivity contribution is 6.31. The Morgan fingerprint density at radius 2 is 1.50 bits per heavy atom. The summed E-state index contributed by atoms with van der Waals surface area (Å²) in [7, 11) is 0. The second-order valence-corrected chi connectivity index (χ2v) is 6.45. The quantitative estimate of drug-likeness (QED) is 0.391. The Kier molecular flexibility index (Phi) is 4.05. The van der Waals surface area contributed by atoms with E-state index < -0.39 is 17.3 Å². The van der Waals surface area contributed by atoms with Crippen LogP contribution in [-0.2, 0) is 0 Å². The van der Waals surface area contributed by atoms with E-state index in [4.69, 9.17) is 11.6 Å². The monoisotopic (exact) mass is 397 g/mol. The summed E-state index contributed by atoms with van der Waals surface area (Å²) in [6.45, 7) is 0. The van der Waals surface area contributed by atoms with Gasteiger partial charge in [0.25, 0.3) is 0 Å². The summed E-state index contributed by atoms with van der Waals surface area (Å²) < 4.78 is 0. The third kappa shape index (κ3) is 2.95. The van der Waals surface area contributed by atoms with Crippen molar-refractivity contribution < 1.29 is 25.2 Å². The van der Waals surface area contributed by atoms with E-state index in [0.717, 1.165) is 16.9 Å². The number of rotatable bonds is 3. The van der Waals surface area contributed by atoms with Crippen molar-refractivity contribution in [2.45, 2.75) is 0 Å². The summed E-state index contributed by atoms with van der Waals surface area (Å²) in [4.78, 5) is 13.9. The van der Waals surface area contributed by atoms with Crippen molar-refractivity contribution in [2.24, 2.45) is 0 Å².